The maximum atomic E-state index is 13.6. The second-order valence-electron chi connectivity index (χ2n) is 9.03. The Bertz CT molecular complexity index is 1400. The molecule has 0 bridgehead atoms. The molecule has 0 aliphatic heterocycles. The number of halogens is 1. The van der Waals surface area contributed by atoms with E-state index in [-0.39, 0.29) is 18.0 Å². The SMILES string of the molecule is CCCCc1nc(C)c(CC(=S)N(C)C)c(=O)n1Cc1ccc(-c2ccccc2-c2nn[nH]n2)cc1.Cl. The van der Waals surface area contributed by atoms with Crippen molar-refractivity contribution in [2.24, 2.45) is 0 Å². The summed E-state index contributed by atoms with van der Waals surface area (Å²) in [6.45, 7) is 4.51. The van der Waals surface area contributed by atoms with Crippen LogP contribution in [0.15, 0.2) is 53.3 Å². The molecule has 2 heterocycles. The highest BCUT2D eigenvalue weighted by Gasteiger charge is 2.17. The zero-order valence-corrected chi connectivity index (χ0v) is 23.2. The van der Waals surface area contributed by atoms with E-state index in [1.54, 1.807) is 0 Å². The standard InChI is InChI=1S/C27H31N7OS.ClH/c1-5-6-11-24-28-18(2)23(16-25(36)33(3)4)27(35)34(24)17-19-12-14-20(15-13-19)21-9-7-8-10-22(21)26-29-31-32-30-26;/h7-10,12-15H,5-6,11,16-17H2,1-4H3,(H,29,30,31,32);1H. The van der Waals surface area contributed by atoms with Crippen molar-refractivity contribution in [2.45, 2.75) is 46.1 Å². The predicted octanol–water partition coefficient (Wildman–Crippen LogP) is 4.64. The largest absolute Gasteiger partial charge is 0.372 e. The Labute approximate surface area is 228 Å². The zero-order chi connectivity index (χ0) is 25.7. The molecule has 2 aromatic carbocycles. The number of likely N-dealkylation sites (N-methyl/N-ethyl adjacent to an activating group) is 1. The zero-order valence-electron chi connectivity index (χ0n) is 21.6. The van der Waals surface area contributed by atoms with E-state index in [0.29, 0.717) is 24.4 Å². The van der Waals surface area contributed by atoms with E-state index in [1.807, 2.05) is 54.8 Å². The number of hydrogen-bond acceptors (Lipinski definition) is 6. The summed E-state index contributed by atoms with van der Waals surface area (Å²) in [6, 6.07) is 16.2. The van der Waals surface area contributed by atoms with Crippen LogP contribution in [0.5, 0.6) is 0 Å². The van der Waals surface area contributed by atoms with Crippen LogP contribution in [-0.2, 0) is 19.4 Å². The van der Waals surface area contributed by atoms with E-state index in [4.69, 9.17) is 17.2 Å². The smallest absolute Gasteiger partial charge is 0.257 e. The second-order valence-corrected chi connectivity index (χ2v) is 9.50. The number of aromatic amines is 1. The van der Waals surface area contributed by atoms with Crippen LogP contribution in [-0.4, -0.2) is 54.2 Å². The summed E-state index contributed by atoms with van der Waals surface area (Å²) in [4.78, 5) is 21.1. The molecule has 37 heavy (non-hydrogen) atoms. The van der Waals surface area contributed by atoms with Crippen LogP contribution < -0.4 is 5.56 Å². The number of unbranched alkanes of at least 4 members (excludes halogenated alkanes) is 1. The van der Waals surface area contributed by atoms with Crippen LogP contribution in [0.1, 0.15) is 42.4 Å². The molecule has 1 N–H and O–H groups in total. The lowest BCUT2D eigenvalue weighted by atomic mass is 9.98. The quantitative estimate of drug-likeness (QED) is 0.311. The highest BCUT2D eigenvalue weighted by atomic mass is 35.5. The number of nitrogens with one attached hydrogen (secondary N) is 1. The Morgan fingerprint density at radius 2 is 1.78 bits per heavy atom. The number of tetrazole rings is 1. The lowest BCUT2D eigenvalue weighted by Crippen LogP contribution is -2.33. The third kappa shape index (κ3) is 6.47. The molecule has 4 aromatic rings. The summed E-state index contributed by atoms with van der Waals surface area (Å²) in [5.41, 5.74) is 5.41. The third-order valence-electron chi connectivity index (χ3n) is 6.25. The van der Waals surface area contributed by atoms with Crippen molar-refractivity contribution in [3.63, 3.8) is 0 Å². The highest BCUT2D eigenvalue weighted by molar-refractivity contribution is 7.80. The number of aromatic nitrogens is 6. The van der Waals surface area contributed by atoms with Crippen LogP contribution in [0.2, 0.25) is 0 Å². The average molecular weight is 538 g/mol. The monoisotopic (exact) mass is 537 g/mol. The van der Waals surface area contributed by atoms with Crippen molar-refractivity contribution < 1.29 is 0 Å². The summed E-state index contributed by atoms with van der Waals surface area (Å²) in [7, 11) is 3.80. The third-order valence-corrected chi connectivity index (χ3v) is 6.76. The molecule has 0 aliphatic rings. The number of thiocarbonyl (C=S) groups is 1. The fourth-order valence-corrected chi connectivity index (χ4v) is 4.28. The van der Waals surface area contributed by atoms with Gasteiger partial charge >= 0.3 is 0 Å². The van der Waals surface area contributed by atoms with Crippen LogP contribution in [0.4, 0.5) is 0 Å². The minimum Gasteiger partial charge on any atom is -0.372 e. The van der Waals surface area contributed by atoms with Gasteiger partial charge in [-0.15, -0.1) is 22.6 Å². The van der Waals surface area contributed by atoms with Gasteiger partial charge in [-0.25, -0.2) is 4.98 Å². The number of benzene rings is 2. The highest BCUT2D eigenvalue weighted by Crippen LogP contribution is 2.29. The Kier molecular flexibility index (Phi) is 9.66. The molecule has 0 fully saturated rings. The van der Waals surface area contributed by atoms with Gasteiger partial charge in [0.2, 0.25) is 5.82 Å². The fraction of sp³-hybridized carbons (Fsp3) is 0.333. The molecule has 0 atom stereocenters. The van der Waals surface area contributed by atoms with Gasteiger partial charge in [0, 0.05) is 43.8 Å². The molecule has 8 nitrogen and oxygen atoms in total. The molecular weight excluding hydrogens is 506 g/mol. The number of H-pyrrole nitrogens is 1. The number of rotatable bonds is 9. The van der Waals surface area contributed by atoms with Crippen LogP contribution in [0.3, 0.4) is 0 Å². The predicted molar refractivity (Wildman–Crippen MR) is 153 cm³/mol. The maximum Gasteiger partial charge on any atom is 0.257 e. The Hall–Kier alpha value is -3.43. The van der Waals surface area contributed by atoms with E-state index in [2.05, 4.69) is 51.8 Å². The van der Waals surface area contributed by atoms with Crippen LogP contribution in [0, 0.1) is 6.92 Å². The molecule has 0 radical (unpaired) electrons. The van der Waals surface area contributed by atoms with Crippen molar-refractivity contribution in [1.29, 1.82) is 0 Å². The van der Waals surface area contributed by atoms with Gasteiger partial charge in [-0.05, 0) is 35.2 Å². The lowest BCUT2D eigenvalue weighted by molar-refractivity contribution is 0.610. The molecule has 4 rings (SSSR count). The van der Waals surface area contributed by atoms with Gasteiger partial charge in [0.15, 0.2) is 0 Å². The molecule has 0 amide bonds. The van der Waals surface area contributed by atoms with Gasteiger partial charge in [0.05, 0.1) is 11.5 Å². The Balaban J connectivity index is 0.00000380. The molecule has 0 saturated heterocycles. The summed E-state index contributed by atoms with van der Waals surface area (Å²) < 4.78 is 1.82. The number of hydrogen-bond donors (Lipinski definition) is 1. The number of nitrogens with zero attached hydrogens (tertiary/aromatic N) is 6. The molecule has 0 saturated carbocycles. The molecule has 2 aromatic heterocycles. The molecule has 0 aliphatic carbocycles. The summed E-state index contributed by atoms with van der Waals surface area (Å²) >= 11 is 5.49. The normalized spacial score (nSPS) is 10.7. The Morgan fingerprint density at radius 3 is 2.41 bits per heavy atom. The summed E-state index contributed by atoms with van der Waals surface area (Å²) in [5.74, 6) is 1.38. The molecule has 0 spiro atoms. The first kappa shape index (κ1) is 28.1. The van der Waals surface area contributed by atoms with Gasteiger partial charge < -0.3 is 4.90 Å². The average Bonchev–Trinajstić information content (AvgIpc) is 3.42. The minimum absolute atomic E-state index is 0. The van der Waals surface area contributed by atoms with Crippen LogP contribution >= 0.6 is 24.6 Å². The Morgan fingerprint density at radius 1 is 1.08 bits per heavy atom. The maximum absolute atomic E-state index is 13.6. The van der Waals surface area contributed by atoms with Crippen molar-refractivity contribution in [2.75, 3.05) is 14.1 Å². The van der Waals surface area contributed by atoms with Gasteiger partial charge in [-0.3, -0.25) is 9.36 Å². The molecule has 194 valence electrons. The minimum atomic E-state index is -0.00988. The van der Waals surface area contributed by atoms with E-state index in [9.17, 15) is 4.79 Å². The first-order chi connectivity index (χ1) is 17.4. The first-order valence-corrected chi connectivity index (χ1v) is 12.5. The van der Waals surface area contributed by atoms with Crippen molar-refractivity contribution in [1.82, 2.24) is 35.1 Å². The summed E-state index contributed by atoms with van der Waals surface area (Å²) in [6.07, 6.45) is 3.20. The van der Waals surface area contributed by atoms with Gasteiger partial charge in [0.1, 0.15) is 5.82 Å². The van der Waals surface area contributed by atoms with Crippen molar-refractivity contribution in [3.05, 3.63) is 81.5 Å². The second kappa shape index (κ2) is 12.7. The fourth-order valence-electron chi connectivity index (χ4n) is 4.14. The molecular formula is C27H32ClN7OS. The van der Waals surface area contributed by atoms with Gasteiger partial charge in [-0.1, -0.05) is 74.1 Å². The summed E-state index contributed by atoms with van der Waals surface area (Å²) in [5, 5.41) is 14.5. The van der Waals surface area contributed by atoms with Crippen molar-refractivity contribution >= 4 is 29.6 Å². The van der Waals surface area contributed by atoms with E-state index >= 15 is 0 Å². The van der Waals surface area contributed by atoms with E-state index < -0.39 is 0 Å². The van der Waals surface area contributed by atoms with Gasteiger partial charge in [0.25, 0.3) is 5.56 Å². The van der Waals surface area contributed by atoms with Crippen LogP contribution in [0.25, 0.3) is 22.5 Å². The molecule has 10 heteroatoms. The van der Waals surface area contributed by atoms with E-state index in [0.717, 1.165) is 58.0 Å². The number of aryl methyl sites for hydroxylation is 2. The van der Waals surface area contributed by atoms with E-state index in [1.165, 1.54) is 0 Å². The van der Waals surface area contributed by atoms with Crippen molar-refractivity contribution in [3.8, 4) is 22.5 Å². The lowest BCUT2D eigenvalue weighted by Gasteiger charge is -2.18. The van der Waals surface area contributed by atoms with Gasteiger partial charge in [-0.2, -0.15) is 5.21 Å². The topological polar surface area (TPSA) is 92.6 Å². The first-order valence-electron chi connectivity index (χ1n) is 12.1. The molecule has 0 unspecified atom stereocenters.